The van der Waals surface area contributed by atoms with Gasteiger partial charge in [0.1, 0.15) is 12.7 Å². The molecular formula is C41H74O14P2. The van der Waals surface area contributed by atoms with E-state index in [1.54, 1.807) is 0 Å². The van der Waals surface area contributed by atoms with Crippen molar-refractivity contribution in [3.05, 3.63) is 48.6 Å². The van der Waals surface area contributed by atoms with Crippen molar-refractivity contribution in [1.29, 1.82) is 0 Å². The van der Waals surface area contributed by atoms with Crippen LogP contribution in [0, 0.1) is 5.92 Å². The van der Waals surface area contributed by atoms with E-state index in [1.165, 1.54) is 32.1 Å². The first-order valence-corrected chi connectivity index (χ1v) is 23.8. The molecule has 0 aliphatic rings. The number of allylic oxidation sites excluding steroid dienone is 8. The Balaban J connectivity index is 4.63. The second-order valence-electron chi connectivity index (χ2n) is 14.5. The number of unbranched alkanes of at least 4 members (excludes halogenated alkanes) is 9. The van der Waals surface area contributed by atoms with Gasteiger partial charge in [-0.1, -0.05) is 127 Å². The molecule has 0 spiro atoms. The standard InChI is InChI=1S/C41H74O14P2/c1-4-37(42)29-25-21-17-13-9-7-5-6-8-10-14-18-22-26-30-40(44)51-34-39(35-54-57(49,50)53-33-38(43)32-52-56(46,47)48)55-41(45)31-27-23-19-15-11-12-16-20-24-28-36(2)3/h6-9,14,17-18,21,36-39,42-43H,4-5,10-13,15-16,19-20,22-35H2,1-3H3,(H,49,50)(H2,46,47,48)/b8-6-,9-7-,18-14-,21-17-/t37-,38-,39+/m0/s1. The van der Waals surface area contributed by atoms with Crippen LogP contribution in [-0.4, -0.2) is 81.6 Å². The predicted octanol–water partition coefficient (Wildman–Crippen LogP) is 9.11. The summed E-state index contributed by atoms with van der Waals surface area (Å²) in [4.78, 5) is 52.5. The number of phosphoric acid groups is 2. The van der Waals surface area contributed by atoms with Gasteiger partial charge in [-0.2, -0.15) is 0 Å². The first-order chi connectivity index (χ1) is 27.1. The Kier molecular flexibility index (Phi) is 34.7. The smallest absolute Gasteiger partial charge is 0.462 e. The maximum Gasteiger partial charge on any atom is 0.472 e. The number of carbonyl (C=O) groups excluding carboxylic acids is 2. The molecular weight excluding hydrogens is 778 g/mol. The predicted molar refractivity (Wildman–Crippen MR) is 222 cm³/mol. The molecule has 1 unspecified atom stereocenters. The highest BCUT2D eigenvalue weighted by Crippen LogP contribution is 2.43. The molecule has 0 saturated heterocycles. The van der Waals surface area contributed by atoms with Gasteiger partial charge in [0, 0.05) is 12.8 Å². The van der Waals surface area contributed by atoms with E-state index in [-0.39, 0.29) is 18.9 Å². The van der Waals surface area contributed by atoms with E-state index in [1.807, 2.05) is 19.1 Å². The van der Waals surface area contributed by atoms with Crippen molar-refractivity contribution >= 4 is 27.6 Å². The molecule has 0 aliphatic heterocycles. The Morgan fingerprint density at radius 1 is 0.561 bits per heavy atom. The zero-order chi connectivity index (χ0) is 42.6. The summed E-state index contributed by atoms with van der Waals surface area (Å²) in [5.41, 5.74) is 0. The van der Waals surface area contributed by atoms with E-state index in [9.17, 15) is 33.8 Å². The van der Waals surface area contributed by atoms with Gasteiger partial charge in [-0.05, 0) is 63.7 Å². The van der Waals surface area contributed by atoms with Crippen molar-refractivity contribution in [1.82, 2.24) is 0 Å². The van der Waals surface area contributed by atoms with Gasteiger partial charge < -0.3 is 34.4 Å². The molecule has 0 amide bonds. The first-order valence-electron chi connectivity index (χ1n) is 20.8. The Labute approximate surface area is 342 Å². The van der Waals surface area contributed by atoms with Crippen molar-refractivity contribution < 1.29 is 66.7 Å². The van der Waals surface area contributed by atoms with Gasteiger partial charge in [0.25, 0.3) is 0 Å². The monoisotopic (exact) mass is 852 g/mol. The molecule has 16 heteroatoms. The summed E-state index contributed by atoms with van der Waals surface area (Å²) in [6.45, 7) is 3.67. The van der Waals surface area contributed by atoms with Crippen LogP contribution in [0.25, 0.3) is 0 Å². The number of esters is 2. The van der Waals surface area contributed by atoms with Crippen LogP contribution in [0.3, 0.4) is 0 Å². The fourth-order valence-corrected chi connectivity index (χ4v) is 6.37. The number of phosphoric ester groups is 2. The SMILES string of the molecule is CC[C@H](O)CC/C=C\C/C=C\C/C=C\C/C=C\CCCC(=O)OC[C@H](COP(=O)(O)OC[C@@H](O)COP(=O)(O)O)OC(=O)CCCCCCCCCCCC(C)C. The Bertz CT molecular complexity index is 1230. The summed E-state index contributed by atoms with van der Waals surface area (Å²) < 4.78 is 47.6. The summed E-state index contributed by atoms with van der Waals surface area (Å²) in [7, 11) is -9.69. The van der Waals surface area contributed by atoms with E-state index in [4.69, 9.17) is 23.8 Å². The van der Waals surface area contributed by atoms with Gasteiger partial charge in [-0.15, -0.1) is 0 Å². The molecule has 332 valence electrons. The average Bonchev–Trinajstić information content (AvgIpc) is 3.15. The van der Waals surface area contributed by atoms with Gasteiger partial charge in [-0.25, -0.2) is 9.13 Å². The van der Waals surface area contributed by atoms with Crippen LogP contribution < -0.4 is 0 Å². The topological polar surface area (TPSA) is 216 Å². The van der Waals surface area contributed by atoms with Gasteiger partial charge in [-0.3, -0.25) is 23.2 Å². The van der Waals surface area contributed by atoms with E-state index in [0.29, 0.717) is 19.3 Å². The van der Waals surface area contributed by atoms with Crippen LogP contribution in [0.4, 0.5) is 0 Å². The first kappa shape index (κ1) is 55.0. The second kappa shape index (κ2) is 35.9. The molecule has 4 atom stereocenters. The largest absolute Gasteiger partial charge is 0.472 e. The maximum atomic E-state index is 12.6. The lowest BCUT2D eigenvalue weighted by molar-refractivity contribution is -0.161. The molecule has 0 heterocycles. The number of hydrogen-bond donors (Lipinski definition) is 5. The molecule has 57 heavy (non-hydrogen) atoms. The van der Waals surface area contributed by atoms with Gasteiger partial charge in [0.05, 0.1) is 25.9 Å². The van der Waals surface area contributed by atoms with Gasteiger partial charge in [0.2, 0.25) is 0 Å². The van der Waals surface area contributed by atoms with E-state index < -0.39 is 66.2 Å². The Morgan fingerprint density at radius 3 is 1.61 bits per heavy atom. The molecule has 0 fully saturated rings. The van der Waals surface area contributed by atoms with E-state index >= 15 is 0 Å². The minimum absolute atomic E-state index is 0.105. The fourth-order valence-electron chi connectivity index (χ4n) is 5.21. The highest BCUT2D eigenvalue weighted by atomic mass is 31.2. The molecule has 0 aliphatic carbocycles. The highest BCUT2D eigenvalue weighted by Gasteiger charge is 2.28. The maximum absolute atomic E-state index is 12.6. The number of rotatable bonds is 38. The Hall–Kier alpha value is -1.96. The number of carbonyl (C=O) groups is 2. The molecule has 14 nitrogen and oxygen atoms in total. The summed E-state index contributed by atoms with van der Waals surface area (Å²) in [6.07, 6.45) is 30.8. The van der Waals surface area contributed by atoms with Crippen molar-refractivity contribution in [3.8, 4) is 0 Å². The van der Waals surface area contributed by atoms with Crippen LogP contribution in [0.2, 0.25) is 0 Å². The zero-order valence-electron chi connectivity index (χ0n) is 34.7. The fraction of sp³-hybridized carbons (Fsp3) is 0.756. The third kappa shape index (κ3) is 40.6. The zero-order valence-corrected chi connectivity index (χ0v) is 36.5. The second-order valence-corrected chi connectivity index (χ2v) is 17.2. The van der Waals surface area contributed by atoms with Gasteiger partial charge >= 0.3 is 27.6 Å². The average molecular weight is 853 g/mol. The molecule has 5 N–H and O–H groups in total. The van der Waals surface area contributed by atoms with Crippen molar-refractivity contribution in [2.24, 2.45) is 5.92 Å². The molecule has 0 rings (SSSR count). The molecule has 0 aromatic heterocycles. The summed E-state index contributed by atoms with van der Waals surface area (Å²) in [5.74, 6) is -0.372. The number of hydrogen-bond acceptors (Lipinski definition) is 11. The minimum atomic E-state index is -4.87. The quantitative estimate of drug-likeness (QED) is 0.0170. The lowest BCUT2D eigenvalue weighted by Gasteiger charge is -2.20. The molecule has 0 aromatic carbocycles. The third-order valence-electron chi connectivity index (χ3n) is 8.55. The highest BCUT2D eigenvalue weighted by molar-refractivity contribution is 7.47. The van der Waals surface area contributed by atoms with Crippen molar-refractivity contribution in [2.75, 3.05) is 26.4 Å². The summed E-state index contributed by atoms with van der Waals surface area (Å²) in [5, 5.41) is 19.3. The molecule has 0 radical (unpaired) electrons. The van der Waals surface area contributed by atoms with Crippen LogP contribution in [0.5, 0.6) is 0 Å². The van der Waals surface area contributed by atoms with Gasteiger partial charge in [0.15, 0.2) is 6.10 Å². The van der Waals surface area contributed by atoms with Crippen LogP contribution in [-0.2, 0) is 41.8 Å². The minimum Gasteiger partial charge on any atom is -0.462 e. The van der Waals surface area contributed by atoms with Crippen LogP contribution in [0.15, 0.2) is 48.6 Å². The normalized spacial score (nSPS) is 15.2. The third-order valence-corrected chi connectivity index (χ3v) is 9.99. The number of ether oxygens (including phenoxy) is 2. The number of aliphatic hydroxyl groups is 2. The van der Waals surface area contributed by atoms with Crippen molar-refractivity contribution in [3.63, 3.8) is 0 Å². The van der Waals surface area contributed by atoms with Crippen LogP contribution in [0.1, 0.15) is 149 Å². The number of aliphatic hydroxyl groups excluding tert-OH is 2. The summed E-state index contributed by atoms with van der Waals surface area (Å²) in [6, 6.07) is 0. The molecule has 0 saturated carbocycles. The Morgan fingerprint density at radius 2 is 1.05 bits per heavy atom. The van der Waals surface area contributed by atoms with E-state index in [2.05, 4.69) is 59.4 Å². The van der Waals surface area contributed by atoms with Crippen LogP contribution >= 0.6 is 15.6 Å². The lowest BCUT2D eigenvalue weighted by atomic mass is 10.0. The summed E-state index contributed by atoms with van der Waals surface area (Å²) >= 11 is 0. The molecule has 0 aromatic rings. The lowest BCUT2D eigenvalue weighted by Crippen LogP contribution is -2.30. The van der Waals surface area contributed by atoms with E-state index in [0.717, 1.165) is 70.1 Å². The molecule has 0 bridgehead atoms. The van der Waals surface area contributed by atoms with Crippen molar-refractivity contribution in [2.45, 2.75) is 167 Å².